The molecule has 0 heterocycles. The van der Waals surface area contributed by atoms with Gasteiger partial charge in [-0.25, -0.2) is 8.42 Å². The minimum absolute atomic E-state index is 0.144. The van der Waals surface area contributed by atoms with Gasteiger partial charge in [0, 0.05) is 23.0 Å². The second-order valence-corrected chi connectivity index (χ2v) is 13.9. The van der Waals surface area contributed by atoms with E-state index in [2.05, 4.69) is 21.2 Å². The van der Waals surface area contributed by atoms with E-state index >= 15 is 0 Å². The number of hydrogen-bond acceptors (Lipinski definition) is 4. The standard InChI is InChI=1S/C31H38BrN3O4S/c1-22-12-14-25(15-13-22)20-34(28(30(37)33-31(3,4)5)19-24-10-8-7-9-11-24)29(36)21-35(40(6,38)39)26-16-17-27(32)23(2)18-26/h7-18,28H,19-21H2,1-6H3,(H,33,37)/t28-/m1/s1. The van der Waals surface area contributed by atoms with E-state index in [1.165, 1.54) is 4.90 Å². The van der Waals surface area contributed by atoms with Crippen LogP contribution < -0.4 is 9.62 Å². The molecule has 1 atom stereocenters. The second-order valence-electron chi connectivity index (χ2n) is 11.2. The van der Waals surface area contributed by atoms with Crippen molar-refractivity contribution in [1.29, 1.82) is 0 Å². The van der Waals surface area contributed by atoms with E-state index in [9.17, 15) is 18.0 Å². The number of amides is 2. The molecule has 40 heavy (non-hydrogen) atoms. The molecule has 0 saturated carbocycles. The van der Waals surface area contributed by atoms with Crippen LogP contribution in [0.4, 0.5) is 5.69 Å². The van der Waals surface area contributed by atoms with Crippen molar-refractivity contribution in [2.75, 3.05) is 17.1 Å². The van der Waals surface area contributed by atoms with E-state index in [-0.39, 0.29) is 18.9 Å². The number of sulfonamides is 1. The van der Waals surface area contributed by atoms with E-state index in [4.69, 9.17) is 0 Å². The Balaban J connectivity index is 2.08. The highest BCUT2D eigenvalue weighted by Gasteiger charge is 2.34. The zero-order chi connectivity index (χ0) is 29.7. The summed E-state index contributed by atoms with van der Waals surface area (Å²) in [6.45, 7) is 9.19. The number of carbonyl (C=O) groups excluding carboxylic acids is 2. The predicted octanol–water partition coefficient (Wildman–Crippen LogP) is 5.39. The summed E-state index contributed by atoms with van der Waals surface area (Å²) in [5, 5.41) is 3.03. The molecular weight excluding hydrogens is 590 g/mol. The topological polar surface area (TPSA) is 86.8 Å². The Morgan fingerprint density at radius 1 is 0.925 bits per heavy atom. The number of aryl methyl sites for hydroxylation is 2. The van der Waals surface area contributed by atoms with Crippen LogP contribution in [0, 0.1) is 13.8 Å². The molecule has 0 unspecified atom stereocenters. The Hall–Kier alpha value is -3.17. The smallest absolute Gasteiger partial charge is 0.244 e. The average Bonchev–Trinajstić information content (AvgIpc) is 2.86. The predicted molar refractivity (Wildman–Crippen MR) is 165 cm³/mol. The lowest BCUT2D eigenvalue weighted by Gasteiger charge is -2.35. The molecule has 2 amide bonds. The van der Waals surface area contributed by atoms with Gasteiger partial charge in [-0.1, -0.05) is 76.1 Å². The van der Waals surface area contributed by atoms with Crippen molar-refractivity contribution in [3.8, 4) is 0 Å². The molecule has 214 valence electrons. The van der Waals surface area contributed by atoms with Gasteiger partial charge in [0.1, 0.15) is 12.6 Å². The van der Waals surface area contributed by atoms with Gasteiger partial charge in [0.2, 0.25) is 21.8 Å². The first-order valence-corrected chi connectivity index (χ1v) is 15.7. The Morgan fingerprint density at radius 3 is 2.10 bits per heavy atom. The molecule has 3 aromatic rings. The van der Waals surface area contributed by atoms with E-state index in [0.717, 1.165) is 37.3 Å². The van der Waals surface area contributed by atoms with Crippen molar-refractivity contribution >= 4 is 43.5 Å². The monoisotopic (exact) mass is 627 g/mol. The zero-order valence-corrected chi connectivity index (χ0v) is 26.3. The van der Waals surface area contributed by atoms with E-state index in [0.29, 0.717) is 5.69 Å². The maximum absolute atomic E-state index is 14.1. The fourth-order valence-electron chi connectivity index (χ4n) is 4.29. The van der Waals surface area contributed by atoms with Crippen LogP contribution in [0.5, 0.6) is 0 Å². The Bertz CT molecular complexity index is 1440. The molecule has 0 fully saturated rings. The van der Waals surface area contributed by atoms with Gasteiger partial charge >= 0.3 is 0 Å². The fourth-order valence-corrected chi connectivity index (χ4v) is 5.38. The minimum Gasteiger partial charge on any atom is -0.350 e. The van der Waals surface area contributed by atoms with Gasteiger partial charge in [-0.05, 0) is 69.5 Å². The Kier molecular flexibility index (Phi) is 10.2. The quantitative estimate of drug-likeness (QED) is 0.327. The van der Waals surface area contributed by atoms with Gasteiger partial charge in [0.25, 0.3) is 0 Å². The third-order valence-corrected chi connectivity index (χ3v) is 8.38. The van der Waals surface area contributed by atoms with Gasteiger partial charge in [0.15, 0.2) is 0 Å². The first kappa shape index (κ1) is 31.4. The molecule has 3 aromatic carbocycles. The number of nitrogens with zero attached hydrogens (tertiary/aromatic N) is 2. The van der Waals surface area contributed by atoms with Gasteiger partial charge < -0.3 is 10.2 Å². The highest BCUT2D eigenvalue weighted by molar-refractivity contribution is 9.10. The second kappa shape index (κ2) is 13.0. The van der Waals surface area contributed by atoms with Gasteiger partial charge in [-0.15, -0.1) is 0 Å². The van der Waals surface area contributed by atoms with Crippen LogP contribution in [0.1, 0.15) is 43.0 Å². The van der Waals surface area contributed by atoms with Crippen LogP contribution in [-0.2, 0) is 32.6 Å². The van der Waals surface area contributed by atoms with Crippen molar-refractivity contribution in [1.82, 2.24) is 10.2 Å². The molecule has 7 nitrogen and oxygen atoms in total. The molecule has 9 heteroatoms. The van der Waals surface area contributed by atoms with Crippen LogP contribution in [-0.4, -0.2) is 49.5 Å². The molecule has 0 bridgehead atoms. The normalized spacial score (nSPS) is 12.5. The van der Waals surface area contributed by atoms with Crippen molar-refractivity contribution in [2.45, 2.75) is 59.2 Å². The van der Waals surface area contributed by atoms with Crippen molar-refractivity contribution < 1.29 is 18.0 Å². The van der Waals surface area contributed by atoms with E-state index in [1.54, 1.807) is 18.2 Å². The highest BCUT2D eigenvalue weighted by atomic mass is 79.9. The summed E-state index contributed by atoms with van der Waals surface area (Å²) in [5.41, 5.74) is 3.49. The number of carbonyl (C=O) groups is 2. The Labute approximate surface area is 246 Å². The lowest BCUT2D eigenvalue weighted by atomic mass is 10.0. The van der Waals surface area contributed by atoms with Crippen LogP contribution >= 0.6 is 15.9 Å². The van der Waals surface area contributed by atoms with Crippen LogP contribution in [0.25, 0.3) is 0 Å². The highest BCUT2D eigenvalue weighted by Crippen LogP contribution is 2.25. The SMILES string of the molecule is Cc1ccc(CN(C(=O)CN(c2ccc(Br)c(C)c2)S(C)(=O)=O)[C@H](Cc2ccccc2)C(=O)NC(C)(C)C)cc1. The largest absolute Gasteiger partial charge is 0.350 e. The summed E-state index contributed by atoms with van der Waals surface area (Å²) in [6, 6.07) is 21.5. The summed E-state index contributed by atoms with van der Waals surface area (Å²) in [5.74, 6) is -0.779. The fraction of sp³-hybridized carbons (Fsp3) is 0.355. The number of benzene rings is 3. The molecule has 0 aromatic heterocycles. The minimum atomic E-state index is -3.82. The summed E-state index contributed by atoms with van der Waals surface area (Å²) in [6.07, 6.45) is 1.35. The molecule has 0 spiro atoms. The number of hydrogen-bond donors (Lipinski definition) is 1. The summed E-state index contributed by atoms with van der Waals surface area (Å²) in [4.78, 5) is 29.4. The van der Waals surface area contributed by atoms with Gasteiger partial charge in [0.05, 0.1) is 11.9 Å². The third-order valence-electron chi connectivity index (χ3n) is 6.35. The summed E-state index contributed by atoms with van der Waals surface area (Å²) < 4.78 is 27.8. The molecule has 0 aliphatic carbocycles. The van der Waals surface area contributed by atoms with Crippen molar-refractivity contribution in [3.63, 3.8) is 0 Å². The lowest BCUT2D eigenvalue weighted by molar-refractivity contribution is -0.140. The molecule has 0 radical (unpaired) electrons. The molecule has 0 saturated heterocycles. The molecule has 0 aliphatic heterocycles. The summed E-state index contributed by atoms with van der Waals surface area (Å²) >= 11 is 3.45. The van der Waals surface area contributed by atoms with Crippen LogP contribution in [0.15, 0.2) is 77.3 Å². The molecular formula is C31H38BrN3O4S. The zero-order valence-electron chi connectivity index (χ0n) is 23.9. The third kappa shape index (κ3) is 8.93. The molecule has 3 rings (SSSR count). The van der Waals surface area contributed by atoms with Crippen molar-refractivity contribution in [3.05, 3.63) is 99.5 Å². The van der Waals surface area contributed by atoms with Crippen LogP contribution in [0.2, 0.25) is 0 Å². The first-order valence-electron chi connectivity index (χ1n) is 13.1. The number of halogens is 1. The maximum Gasteiger partial charge on any atom is 0.244 e. The van der Waals surface area contributed by atoms with E-state index in [1.807, 2.05) is 89.2 Å². The van der Waals surface area contributed by atoms with Gasteiger partial charge in [-0.3, -0.25) is 13.9 Å². The molecule has 0 aliphatic rings. The number of nitrogens with one attached hydrogen (secondary N) is 1. The average molecular weight is 629 g/mol. The number of rotatable bonds is 10. The Morgan fingerprint density at radius 2 is 1.55 bits per heavy atom. The van der Waals surface area contributed by atoms with Crippen LogP contribution in [0.3, 0.4) is 0 Å². The number of anilines is 1. The maximum atomic E-state index is 14.1. The lowest BCUT2D eigenvalue weighted by Crippen LogP contribution is -2.56. The summed E-state index contributed by atoms with van der Waals surface area (Å²) in [7, 11) is -3.82. The molecule has 1 N–H and O–H groups in total. The van der Waals surface area contributed by atoms with Gasteiger partial charge in [-0.2, -0.15) is 0 Å². The van der Waals surface area contributed by atoms with E-state index < -0.39 is 34.1 Å². The first-order chi connectivity index (χ1) is 18.6. The van der Waals surface area contributed by atoms with Crippen molar-refractivity contribution in [2.24, 2.45) is 0 Å².